The van der Waals surface area contributed by atoms with Gasteiger partial charge >= 0.3 is 0 Å². The molecule has 2 fully saturated rings. The molecule has 7 heteroatoms. The smallest absolute Gasteiger partial charge is 0.261 e. The van der Waals surface area contributed by atoms with Crippen molar-refractivity contribution in [2.45, 2.75) is 63.2 Å². The third-order valence-corrected chi connectivity index (χ3v) is 4.38. The van der Waals surface area contributed by atoms with E-state index in [4.69, 9.17) is 10.3 Å². The number of amides is 1. The van der Waals surface area contributed by atoms with Gasteiger partial charge in [-0.15, -0.1) is 0 Å². The molecular weight excluding hydrogens is 275 g/mol. The summed E-state index contributed by atoms with van der Waals surface area (Å²) in [6, 6.07) is 0.335. The molecule has 0 radical (unpaired) electrons. The Labute approximate surface area is 122 Å². The van der Waals surface area contributed by atoms with Crippen molar-refractivity contribution < 1.29 is 13.7 Å². The van der Waals surface area contributed by atoms with Crippen LogP contribution in [-0.4, -0.2) is 28.1 Å². The summed E-state index contributed by atoms with van der Waals surface area (Å²) in [5.74, 6) is -0.0572. The lowest BCUT2D eigenvalue weighted by atomic mass is 9.78. The van der Waals surface area contributed by atoms with Crippen molar-refractivity contribution in [3.8, 4) is 0 Å². The maximum absolute atomic E-state index is 14.1. The Morgan fingerprint density at radius 3 is 2.81 bits per heavy atom. The molecule has 2 aliphatic rings. The first-order valence-corrected chi connectivity index (χ1v) is 7.63. The van der Waals surface area contributed by atoms with E-state index < -0.39 is 6.17 Å². The van der Waals surface area contributed by atoms with Crippen LogP contribution >= 0.6 is 0 Å². The first kappa shape index (κ1) is 14.4. The molecule has 1 aromatic heterocycles. The molecule has 2 aliphatic carbocycles. The number of nitrogens with two attached hydrogens (primary N) is 1. The lowest BCUT2D eigenvalue weighted by Gasteiger charge is -2.33. The summed E-state index contributed by atoms with van der Waals surface area (Å²) in [5, 5.41) is 6.64. The Balaban J connectivity index is 1.51. The maximum Gasteiger partial charge on any atom is 0.261 e. The van der Waals surface area contributed by atoms with Crippen LogP contribution in [0.5, 0.6) is 0 Å². The number of hydrogen-bond donors (Lipinski definition) is 2. The molecule has 6 nitrogen and oxygen atoms in total. The molecule has 3 N–H and O–H groups in total. The Kier molecular flexibility index (Phi) is 4.19. The molecular formula is C14H21FN4O2. The zero-order chi connectivity index (χ0) is 14.8. The van der Waals surface area contributed by atoms with Crippen molar-refractivity contribution in [1.82, 2.24) is 15.5 Å². The number of nitrogens with one attached hydrogen (secondary N) is 1. The summed E-state index contributed by atoms with van der Waals surface area (Å²) >= 11 is 0. The van der Waals surface area contributed by atoms with Crippen LogP contribution in [0.2, 0.25) is 0 Å². The monoisotopic (exact) mass is 296 g/mol. The Morgan fingerprint density at radius 1 is 1.43 bits per heavy atom. The number of rotatable bonds is 5. The highest BCUT2D eigenvalue weighted by Gasteiger charge is 2.37. The fraction of sp³-hybridized carbons (Fsp3) is 0.786. The Hall–Kier alpha value is -1.50. The highest BCUT2D eigenvalue weighted by molar-refractivity contribution is 5.78. The van der Waals surface area contributed by atoms with E-state index in [0.29, 0.717) is 12.8 Å². The van der Waals surface area contributed by atoms with Crippen molar-refractivity contribution in [1.29, 1.82) is 0 Å². The van der Waals surface area contributed by atoms with Crippen molar-refractivity contribution in [3.05, 3.63) is 11.7 Å². The van der Waals surface area contributed by atoms with E-state index in [1.54, 1.807) is 0 Å². The van der Waals surface area contributed by atoms with E-state index in [9.17, 15) is 9.18 Å². The first-order valence-electron chi connectivity index (χ1n) is 7.63. The van der Waals surface area contributed by atoms with Gasteiger partial charge in [-0.1, -0.05) is 18.0 Å². The number of nitrogens with zero attached hydrogens (tertiary/aromatic N) is 2. The molecule has 1 heterocycles. The average molecular weight is 296 g/mol. The van der Waals surface area contributed by atoms with Crippen LogP contribution in [-0.2, 0) is 11.2 Å². The van der Waals surface area contributed by atoms with Crippen LogP contribution in [0, 0.1) is 5.92 Å². The molecule has 3 rings (SSSR count). The van der Waals surface area contributed by atoms with Crippen LogP contribution < -0.4 is 11.1 Å². The lowest BCUT2D eigenvalue weighted by Crippen LogP contribution is -2.38. The van der Waals surface area contributed by atoms with Gasteiger partial charge in [0.05, 0.1) is 6.42 Å². The van der Waals surface area contributed by atoms with Crippen molar-refractivity contribution >= 4 is 5.91 Å². The third kappa shape index (κ3) is 3.40. The van der Waals surface area contributed by atoms with E-state index in [-0.39, 0.29) is 42.0 Å². The fourth-order valence-corrected chi connectivity index (χ4v) is 3.09. The van der Waals surface area contributed by atoms with Gasteiger partial charge < -0.3 is 15.6 Å². The van der Waals surface area contributed by atoms with Gasteiger partial charge in [-0.25, -0.2) is 4.39 Å². The van der Waals surface area contributed by atoms with Gasteiger partial charge in [0.1, 0.15) is 0 Å². The van der Waals surface area contributed by atoms with Crippen molar-refractivity contribution in [2.24, 2.45) is 11.7 Å². The van der Waals surface area contributed by atoms with E-state index in [0.717, 1.165) is 25.7 Å². The Bertz CT molecular complexity index is 495. The Morgan fingerprint density at radius 2 is 2.14 bits per heavy atom. The van der Waals surface area contributed by atoms with Crippen molar-refractivity contribution in [2.75, 3.05) is 0 Å². The summed E-state index contributed by atoms with van der Waals surface area (Å²) in [5.41, 5.74) is 5.65. The summed E-state index contributed by atoms with van der Waals surface area (Å²) in [6.45, 7) is 0. The minimum Gasteiger partial charge on any atom is -0.353 e. The number of aromatic nitrogens is 2. The van der Waals surface area contributed by atoms with Crippen LogP contribution in [0.15, 0.2) is 4.52 Å². The minimum atomic E-state index is -1.27. The number of carbonyl (C=O) groups is 1. The molecule has 1 amide bonds. The normalized spacial score (nSPS) is 27.3. The molecule has 0 aromatic carbocycles. The second-order valence-corrected chi connectivity index (χ2v) is 6.17. The van der Waals surface area contributed by atoms with Gasteiger partial charge in [-0.3, -0.25) is 4.79 Å². The average Bonchev–Trinajstić information content (AvgIpc) is 3.06. The predicted octanol–water partition coefficient (Wildman–Crippen LogP) is 1.42. The molecule has 0 saturated heterocycles. The molecule has 1 atom stereocenters. The van der Waals surface area contributed by atoms with E-state index in [1.807, 2.05) is 0 Å². The van der Waals surface area contributed by atoms with E-state index >= 15 is 0 Å². The molecule has 0 spiro atoms. The SMILES string of the molecule is NC1CC(C(F)c2nc(CC(=O)NC3CCCC3)no2)C1. The summed E-state index contributed by atoms with van der Waals surface area (Å²) < 4.78 is 19.0. The standard InChI is InChI=1S/C14H21FN4O2/c15-13(8-5-9(16)6-8)14-18-11(19-21-14)7-12(20)17-10-3-1-2-4-10/h8-10,13H,1-7,16H2,(H,17,20). The van der Waals surface area contributed by atoms with Gasteiger partial charge in [0.2, 0.25) is 5.91 Å². The molecule has 0 aliphatic heterocycles. The first-order chi connectivity index (χ1) is 10.1. The van der Waals surface area contributed by atoms with Crippen LogP contribution in [0.3, 0.4) is 0 Å². The number of carbonyl (C=O) groups excluding carboxylic acids is 1. The quantitative estimate of drug-likeness (QED) is 0.857. The number of alkyl halides is 1. The van der Waals surface area contributed by atoms with Crippen LogP contribution in [0.1, 0.15) is 56.4 Å². The molecule has 1 aromatic rings. The third-order valence-electron chi connectivity index (χ3n) is 4.38. The van der Waals surface area contributed by atoms with Crippen LogP contribution in [0.4, 0.5) is 4.39 Å². The summed E-state index contributed by atoms with van der Waals surface area (Å²) in [6.07, 6.45) is 4.41. The summed E-state index contributed by atoms with van der Waals surface area (Å²) in [4.78, 5) is 15.8. The summed E-state index contributed by atoms with van der Waals surface area (Å²) in [7, 11) is 0. The number of halogens is 1. The van der Waals surface area contributed by atoms with Gasteiger partial charge in [-0.2, -0.15) is 4.98 Å². The molecule has 116 valence electrons. The molecule has 0 bridgehead atoms. The van der Waals surface area contributed by atoms with Gasteiger partial charge in [0.25, 0.3) is 5.89 Å². The number of hydrogen-bond acceptors (Lipinski definition) is 5. The fourth-order valence-electron chi connectivity index (χ4n) is 3.09. The molecule has 2 saturated carbocycles. The van der Waals surface area contributed by atoms with Gasteiger partial charge in [0.15, 0.2) is 12.0 Å². The second-order valence-electron chi connectivity index (χ2n) is 6.17. The zero-order valence-electron chi connectivity index (χ0n) is 11.9. The molecule has 1 unspecified atom stereocenters. The zero-order valence-corrected chi connectivity index (χ0v) is 11.9. The minimum absolute atomic E-state index is 0.0319. The highest BCUT2D eigenvalue weighted by Crippen LogP contribution is 2.38. The predicted molar refractivity (Wildman–Crippen MR) is 72.9 cm³/mol. The maximum atomic E-state index is 14.1. The van der Waals surface area contributed by atoms with Gasteiger partial charge in [-0.05, 0) is 25.7 Å². The van der Waals surface area contributed by atoms with E-state index in [2.05, 4.69) is 15.5 Å². The highest BCUT2D eigenvalue weighted by atomic mass is 19.1. The van der Waals surface area contributed by atoms with Crippen molar-refractivity contribution in [3.63, 3.8) is 0 Å². The van der Waals surface area contributed by atoms with E-state index in [1.165, 1.54) is 0 Å². The second kappa shape index (κ2) is 6.09. The lowest BCUT2D eigenvalue weighted by molar-refractivity contribution is -0.121. The molecule has 21 heavy (non-hydrogen) atoms. The topological polar surface area (TPSA) is 94.0 Å². The van der Waals surface area contributed by atoms with Crippen LogP contribution in [0.25, 0.3) is 0 Å². The largest absolute Gasteiger partial charge is 0.353 e. The van der Waals surface area contributed by atoms with Gasteiger partial charge in [0, 0.05) is 18.0 Å².